The second kappa shape index (κ2) is 9.78. The number of carbonyl (C=O) groups excluding carboxylic acids is 2. The Morgan fingerprint density at radius 2 is 1.82 bits per heavy atom. The molecule has 0 aliphatic heterocycles. The zero-order valence-electron chi connectivity index (χ0n) is 15.8. The Labute approximate surface area is 164 Å². The first-order valence-electron chi connectivity index (χ1n) is 8.63. The number of benzene rings is 2. The number of hydrogen-bond donors (Lipinski definition) is 2. The molecule has 2 aromatic carbocycles. The van der Waals surface area contributed by atoms with Crippen LogP contribution in [0.1, 0.15) is 12.5 Å². The van der Waals surface area contributed by atoms with Gasteiger partial charge >= 0.3 is 0 Å². The van der Waals surface area contributed by atoms with Gasteiger partial charge in [0.25, 0.3) is 5.91 Å². The fourth-order valence-corrected chi connectivity index (χ4v) is 2.46. The SMILES string of the molecule is COc1ccc(CCNC(=O)/C(C#N)=C\N(C(C)=O)c2ccc(N)cc2)cc1. The van der Waals surface area contributed by atoms with E-state index in [4.69, 9.17) is 10.5 Å². The largest absolute Gasteiger partial charge is 0.497 e. The van der Waals surface area contributed by atoms with Crippen molar-refractivity contribution < 1.29 is 14.3 Å². The first-order chi connectivity index (χ1) is 13.4. The highest BCUT2D eigenvalue weighted by Gasteiger charge is 2.15. The predicted octanol–water partition coefficient (Wildman–Crippen LogP) is 2.40. The van der Waals surface area contributed by atoms with E-state index in [1.165, 1.54) is 18.0 Å². The van der Waals surface area contributed by atoms with Crippen LogP contribution in [-0.4, -0.2) is 25.5 Å². The van der Waals surface area contributed by atoms with Gasteiger partial charge in [-0.1, -0.05) is 12.1 Å². The van der Waals surface area contributed by atoms with Crippen LogP contribution in [0, 0.1) is 11.3 Å². The number of nitrogens with one attached hydrogen (secondary N) is 1. The number of nitrogen functional groups attached to an aromatic ring is 1. The predicted molar refractivity (Wildman–Crippen MR) is 107 cm³/mol. The van der Waals surface area contributed by atoms with Crippen LogP contribution in [0.4, 0.5) is 11.4 Å². The average Bonchev–Trinajstić information content (AvgIpc) is 2.70. The molecule has 3 N–H and O–H groups in total. The lowest BCUT2D eigenvalue weighted by Crippen LogP contribution is -2.29. The van der Waals surface area contributed by atoms with Gasteiger partial charge in [0.2, 0.25) is 5.91 Å². The molecule has 0 atom stereocenters. The maximum atomic E-state index is 12.3. The maximum absolute atomic E-state index is 12.3. The van der Waals surface area contributed by atoms with Crippen molar-refractivity contribution in [3.63, 3.8) is 0 Å². The highest BCUT2D eigenvalue weighted by Crippen LogP contribution is 2.18. The molecule has 0 aromatic heterocycles. The van der Waals surface area contributed by atoms with Crippen LogP contribution < -0.4 is 20.7 Å². The van der Waals surface area contributed by atoms with E-state index in [1.54, 1.807) is 31.4 Å². The molecule has 7 heteroatoms. The third kappa shape index (κ3) is 5.61. The second-order valence-electron chi connectivity index (χ2n) is 5.99. The number of ether oxygens (including phenoxy) is 1. The number of carbonyl (C=O) groups is 2. The van der Waals surface area contributed by atoms with E-state index < -0.39 is 5.91 Å². The number of nitrogens with two attached hydrogens (primary N) is 1. The minimum absolute atomic E-state index is 0.165. The van der Waals surface area contributed by atoms with Crippen molar-refractivity contribution in [2.75, 3.05) is 24.3 Å². The number of anilines is 2. The van der Waals surface area contributed by atoms with Crippen molar-refractivity contribution in [3.8, 4) is 11.8 Å². The Morgan fingerprint density at radius 1 is 1.18 bits per heavy atom. The summed E-state index contributed by atoms with van der Waals surface area (Å²) in [5, 5.41) is 12.0. The smallest absolute Gasteiger partial charge is 0.263 e. The minimum atomic E-state index is -0.544. The lowest BCUT2D eigenvalue weighted by Gasteiger charge is -2.17. The Bertz CT molecular complexity index is 897. The van der Waals surface area contributed by atoms with Crippen molar-refractivity contribution >= 4 is 23.2 Å². The van der Waals surface area contributed by atoms with Crippen LogP contribution in [0.5, 0.6) is 5.75 Å². The van der Waals surface area contributed by atoms with E-state index in [-0.39, 0.29) is 11.5 Å². The van der Waals surface area contributed by atoms with E-state index in [0.29, 0.717) is 24.3 Å². The standard InChI is InChI=1S/C21H22N4O3/c1-15(26)25(19-7-5-18(23)6-8-19)14-17(13-22)21(27)24-12-11-16-3-9-20(28-2)10-4-16/h3-10,14H,11-12,23H2,1-2H3,(H,24,27)/b17-14-. The number of rotatable bonds is 7. The molecule has 0 spiro atoms. The average molecular weight is 378 g/mol. The number of nitrogens with zero attached hydrogens (tertiary/aromatic N) is 2. The lowest BCUT2D eigenvalue weighted by atomic mass is 10.1. The summed E-state index contributed by atoms with van der Waals surface area (Å²) in [6.45, 7) is 1.70. The van der Waals surface area contributed by atoms with Gasteiger partial charge in [-0.3, -0.25) is 14.5 Å². The van der Waals surface area contributed by atoms with Gasteiger partial charge in [-0.25, -0.2) is 0 Å². The fourth-order valence-electron chi connectivity index (χ4n) is 2.46. The van der Waals surface area contributed by atoms with E-state index in [1.807, 2.05) is 30.3 Å². The Balaban J connectivity index is 2.04. The third-order valence-electron chi connectivity index (χ3n) is 3.99. The molecule has 0 radical (unpaired) electrons. The van der Waals surface area contributed by atoms with Gasteiger partial charge in [0.1, 0.15) is 17.4 Å². The zero-order chi connectivity index (χ0) is 20.5. The van der Waals surface area contributed by atoms with E-state index in [0.717, 1.165) is 11.3 Å². The number of amides is 2. The molecule has 144 valence electrons. The molecular formula is C21H22N4O3. The fraction of sp³-hybridized carbons (Fsp3) is 0.190. The topological polar surface area (TPSA) is 108 Å². The van der Waals surface area contributed by atoms with Crippen molar-refractivity contribution in [1.29, 1.82) is 5.26 Å². The second-order valence-corrected chi connectivity index (χ2v) is 5.99. The molecule has 2 rings (SSSR count). The molecule has 0 unspecified atom stereocenters. The van der Waals surface area contributed by atoms with Gasteiger partial charge in [0, 0.05) is 31.0 Å². The zero-order valence-corrected chi connectivity index (χ0v) is 15.8. The van der Waals surface area contributed by atoms with Gasteiger partial charge in [-0.15, -0.1) is 0 Å². The van der Waals surface area contributed by atoms with Crippen molar-refractivity contribution in [1.82, 2.24) is 5.32 Å². The van der Waals surface area contributed by atoms with Gasteiger partial charge in [-0.2, -0.15) is 5.26 Å². The summed E-state index contributed by atoms with van der Waals surface area (Å²) in [7, 11) is 1.60. The van der Waals surface area contributed by atoms with Gasteiger partial charge in [-0.05, 0) is 48.4 Å². The van der Waals surface area contributed by atoms with Crippen LogP contribution >= 0.6 is 0 Å². The van der Waals surface area contributed by atoms with Crippen LogP contribution in [0.3, 0.4) is 0 Å². The van der Waals surface area contributed by atoms with Gasteiger partial charge in [0.05, 0.1) is 7.11 Å². The Morgan fingerprint density at radius 3 is 2.36 bits per heavy atom. The van der Waals surface area contributed by atoms with Crippen LogP contribution in [0.25, 0.3) is 0 Å². The molecule has 28 heavy (non-hydrogen) atoms. The van der Waals surface area contributed by atoms with E-state index in [2.05, 4.69) is 5.32 Å². The molecule has 0 saturated heterocycles. The number of hydrogen-bond acceptors (Lipinski definition) is 5. The maximum Gasteiger partial charge on any atom is 0.263 e. The monoisotopic (exact) mass is 378 g/mol. The van der Waals surface area contributed by atoms with Crippen LogP contribution in [0.15, 0.2) is 60.3 Å². The first kappa shape index (κ1) is 20.5. The van der Waals surface area contributed by atoms with Crippen molar-refractivity contribution in [3.05, 3.63) is 65.9 Å². The van der Waals surface area contributed by atoms with Gasteiger partial charge < -0.3 is 15.8 Å². The summed E-state index contributed by atoms with van der Waals surface area (Å²) in [4.78, 5) is 25.5. The molecular weight excluding hydrogens is 356 g/mol. The van der Waals surface area contributed by atoms with Crippen molar-refractivity contribution in [2.45, 2.75) is 13.3 Å². The molecule has 0 aliphatic carbocycles. The summed E-state index contributed by atoms with van der Waals surface area (Å²) in [5.41, 5.74) is 7.58. The normalized spacial score (nSPS) is 10.7. The third-order valence-corrected chi connectivity index (χ3v) is 3.99. The number of methoxy groups -OCH3 is 1. The lowest BCUT2D eigenvalue weighted by molar-refractivity contribution is -0.117. The summed E-state index contributed by atoms with van der Waals surface area (Å²) >= 11 is 0. The summed E-state index contributed by atoms with van der Waals surface area (Å²) in [6, 6.07) is 15.9. The molecule has 2 amide bonds. The Hall–Kier alpha value is -3.79. The Kier molecular flexibility index (Phi) is 7.17. The summed E-state index contributed by atoms with van der Waals surface area (Å²) in [6.07, 6.45) is 1.83. The molecule has 0 fully saturated rings. The van der Waals surface area contributed by atoms with E-state index in [9.17, 15) is 14.9 Å². The highest BCUT2D eigenvalue weighted by molar-refractivity contribution is 6.01. The molecule has 0 aliphatic rings. The molecule has 2 aromatic rings. The van der Waals surface area contributed by atoms with Crippen LogP contribution in [0.2, 0.25) is 0 Å². The van der Waals surface area contributed by atoms with Crippen molar-refractivity contribution in [2.24, 2.45) is 0 Å². The van der Waals surface area contributed by atoms with Crippen LogP contribution in [-0.2, 0) is 16.0 Å². The highest BCUT2D eigenvalue weighted by atomic mass is 16.5. The summed E-state index contributed by atoms with van der Waals surface area (Å²) in [5.74, 6) is -0.115. The van der Waals surface area contributed by atoms with E-state index >= 15 is 0 Å². The van der Waals surface area contributed by atoms with Gasteiger partial charge in [0.15, 0.2) is 0 Å². The minimum Gasteiger partial charge on any atom is -0.497 e. The molecule has 0 bridgehead atoms. The number of nitriles is 1. The first-order valence-corrected chi connectivity index (χ1v) is 8.63. The molecule has 0 saturated carbocycles. The molecule has 0 heterocycles. The summed E-state index contributed by atoms with van der Waals surface area (Å²) < 4.78 is 5.10. The molecule has 7 nitrogen and oxygen atoms in total. The quantitative estimate of drug-likeness (QED) is 0.437.